The number of nitrogens with zero attached hydrogens (tertiary/aromatic N) is 1. The molecule has 0 radical (unpaired) electrons. The summed E-state index contributed by atoms with van der Waals surface area (Å²) in [5.74, 6) is -0.929. The van der Waals surface area contributed by atoms with Gasteiger partial charge in [0.2, 0.25) is 5.91 Å². The Labute approximate surface area is 149 Å². The highest BCUT2D eigenvalue weighted by atomic mass is 79.9. The number of nitrogens with one attached hydrogen (secondary N) is 1. The van der Waals surface area contributed by atoms with Crippen molar-refractivity contribution in [3.63, 3.8) is 0 Å². The summed E-state index contributed by atoms with van der Waals surface area (Å²) in [7, 11) is 0. The molecule has 0 aromatic heterocycles. The summed E-state index contributed by atoms with van der Waals surface area (Å²) in [5.41, 5.74) is 5.55. The molecule has 1 aromatic carbocycles. The van der Waals surface area contributed by atoms with Crippen LogP contribution in [0.4, 0.5) is 10.1 Å². The number of benzene rings is 1. The first-order valence-electron chi connectivity index (χ1n) is 8.11. The zero-order chi connectivity index (χ0) is 17.9. The Kier molecular flexibility index (Phi) is 6.21. The predicted octanol–water partition coefficient (Wildman–Crippen LogP) is 3.14. The van der Waals surface area contributed by atoms with Gasteiger partial charge in [-0.1, -0.05) is 29.8 Å². The molecule has 1 heterocycles. The predicted molar refractivity (Wildman–Crippen MR) is 95.3 cm³/mol. The first-order chi connectivity index (χ1) is 11.3. The van der Waals surface area contributed by atoms with Gasteiger partial charge in [0.25, 0.3) is 5.91 Å². The van der Waals surface area contributed by atoms with E-state index < -0.39 is 11.7 Å². The number of hydrogen-bond acceptors (Lipinski definition) is 3. The molecule has 0 bridgehead atoms. The minimum atomic E-state index is -0.799. The lowest BCUT2D eigenvalue weighted by molar-refractivity contribution is -0.132. The second-order valence-electron chi connectivity index (χ2n) is 6.57. The van der Waals surface area contributed by atoms with Crippen molar-refractivity contribution in [3.8, 4) is 0 Å². The lowest BCUT2D eigenvalue weighted by Gasteiger charge is -2.33. The number of piperidine rings is 1. The summed E-state index contributed by atoms with van der Waals surface area (Å²) in [6.07, 6.45) is 2.05. The third kappa shape index (κ3) is 4.69. The van der Waals surface area contributed by atoms with Crippen LogP contribution in [0.3, 0.4) is 0 Å². The molecule has 7 heteroatoms. The number of halogens is 2. The van der Waals surface area contributed by atoms with E-state index in [1.165, 1.54) is 6.07 Å². The van der Waals surface area contributed by atoms with E-state index in [-0.39, 0.29) is 17.5 Å². The van der Waals surface area contributed by atoms with E-state index in [0.717, 1.165) is 12.8 Å². The van der Waals surface area contributed by atoms with E-state index in [2.05, 4.69) is 21.2 Å². The normalized spacial score (nSPS) is 15.6. The number of amides is 2. The molecule has 24 heavy (non-hydrogen) atoms. The van der Waals surface area contributed by atoms with Gasteiger partial charge >= 0.3 is 0 Å². The van der Waals surface area contributed by atoms with Gasteiger partial charge in [0.15, 0.2) is 0 Å². The minimum Gasteiger partial charge on any atom is -0.381 e. The molecule has 2 amide bonds. The highest BCUT2D eigenvalue weighted by Crippen LogP contribution is 2.27. The summed E-state index contributed by atoms with van der Waals surface area (Å²) < 4.78 is 14.5. The summed E-state index contributed by atoms with van der Waals surface area (Å²) in [4.78, 5) is 25.5. The third-order valence-corrected chi connectivity index (χ3v) is 4.55. The Morgan fingerprint density at radius 2 is 2.00 bits per heavy atom. The van der Waals surface area contributed by atoms with E-state index in [9.17, 15) is 14.0 Å². The fourth-order valence-corrected chi connectivity index (χ4v) is 3.34. The van der Waals surface area contributed by atoms with Crippen LogP contribution >= 0.6 is 15.9 Å². The number of rotatable bonds is 5. The number of nitrogens with two attached hydrogens (primary N) is 1. The van der Waals surface area contributed by atoms with Crippen LogP contribution in [0.1, 0.15) is 43.5 Å². The van der Waals surface area contributed by atoms with E-state index in [1.54, 1.807) is 6.07 Å². The molecule has 0 atom stereocenters. The lowest BCUT2D eigenvalue weighted by atomic mass is 10.0. The van der Waals surface area contributed by atoms with Crippen molar-refractivity contribution < 1.29 is 14.0 Å². The second kappa shape index (κ2) is 7.96. The Morgan fingerprint density at radius 1 is 1.38 bits per heavy atom. The maximum absolute atomic E-state index is 14.0. The van der Waals surface area contributed by atoms with Crippen molar-refractivity contribution in [2.75, 3.05) is 18.4 Å². The Hall–Kier alpha value is -1.63. The molecule has 0 spiro atoms. The van der Waals surface area contributed by atoms with Crippen LogP contribution in [-0.2, 0) is 4.79 Å². The summed E-state index contributed by atoms with van der Waals surface area (Å²) >= 11 is 3.23. The number of anilines is 1. The van der Waals surface area contributed by atoms with Crippen molar-refractivity contribution in [1.82, 2.24) is 4.90 Å². The average Bonchev–Trinajstić information content (AvgIpc) is 2.45. The van der Waals surface area contributed by atoms with E-state index in [4.69, 9.17) is 5.73 Å². The van der Waals surface area contributed by atoms with Gasteiger partial charge < -0.3 is 16.0 Å². The van der Waals surface area contributed by atoms with E-state index in [1.807, 2.05) is 18.7 Å². The molecule has 1 aromatic rings. The van der Waals surface area contributed by atoms with Crippen molar-refractivity contribution >= 4 is 33.4 Å². The standard InChI is InChI=1S/C17H23BrFN3O2/c1-10(2)7-15(23)22-5-3-12(4-6-22)21-14-9-11(18)8-13(19)16(14)17(20)24/h8-10,12,21H,3-7H2,1-2H3,(H2,20,24). The number of primary amides is 1. The molecule has 1 fully saturated rings. The molecule has 3 N–H and O–H groups in total. The largest absolute Gasteiger partial charge is 0.381 e. The van der Waals surface area contributed by atoms with E-state index in [0.29, 0.717) is 35.6 Å². The number of carbonyl (C=O) groups is 2. The van der Waals surface area contributed by atoms with Crippen LogP contribution in [0, 0.1) is 11.7 Å². The van der Waals surface area contributed by atoms with Crippen LogP contribution in [0.2, 0.25) is 0 Å². The minimum absolute atomic E-state index is 0.0694. The number of likely N-dealkylation sites (tertiary alicyclic amines) is 1. The van der Waals surface area contributed by atoms with Gasteiger partial charge in [-0.25, -0.2) is 4.39 Å². The summed E-state index contributed by atoms with van der Waals surface area (Å²) in [6, 6.07) is 2.94. The second-order valence-corrected chi connectivity index (χ2v) is 7.49. The number of hydrogen-bond donors (Lipinski definition) is 2. The molecule has 0 unspecified atom stereocenters. The quantitative estimate of drug-likeness (QED) is 0.798. The zero-order valence-electron chi connectivity index (χ0n) is 13.9. The van der Waals surface area contributed by atoms with Crippen LogP contribution in [-0.4, -0.2) is 35.8 Å². The molecular formula is C17H23BrFN3O2. The van der Waals surface area contributed by atoms with E-state index >= 15 is 0 Å². The smallest absolute Gasteiger partial charge is 0.253 e. The molecule has 1 aliphatic heterocycles. The lowest BCUT2D eigenvalue weighted by Crippen LogP contribution is -2.42. The van der Waals surface area contributed by atoms with Crippen molar-refractivity contribution in [3.05, 3.63) is 28.0 Å². The van der Waals surface area contributed by atoms with Gasteiger partial charge in [-0.05, 0) is 30.9 Å². The van der Waals surface area contributed by atoms with Crippen LogP contribution in [0.15, 0.2) is 16.6 Å². The van der Waals surface area contributed by atoms with Gasteiger partial charge in [-0.2, -0.15) is 0 Å². The molecule has 2 rings (SSSR count). The van der Waals surface area contributed by atoms with Gasteiger partial charge in [-0.3, -0.25) is 9.59 Å². The third-order valence-electron chi connectivity index (χ3n) is 4.09. The Bertz CT molecular complexity index is 629. The van der Waals surface area contributed by atoms with Crippen LogP contribution in [0.5, 0.6) is 0 Å². The Morgan fingerprint density at radius 3 is 2.54 bits per heavy atom. The molecule has 1 aliphatic rings. The maximum Gasteiger partial charge on any atom is 0.253 e. The van der Waals surface area contributed by atoms with Crippen molar-refractivity contribution in [2.24, 2.45) is 11.7 Å². The monoisotopic (exact) mass is 399 g/mol. The molecule has 5 nitrogen and oxygen atoms in total. The number of carbonyl (C=O) groups excluding carboxylic acids is 2. The molecule has 1 saturated heterocycles. The SMILES string of the molecule is CC(C)CC(=O)N1CCC(Nc2cc(Br)cc(F)c2C(N)=O)CC1. The maximum atomic E-state index is 14.0. The first-order valence-corrected chi connectivity index (χ1v) is 8.90. The fraction of sp³-hybridized carbons (Fsp3) is 0.529. The first kappa shape index (κ1) is 18.7. The average molecular weight is 400 g/mol. The van der Waals surface area contributed by atoms with Crippen molar-refractivity contribution in [1.29, 1.82) is 0 Å². The van der Waals surface area contributed by atoms with Gasteiger partial charge in [0.1, 0.15) is 5.82 Å². The van der Waals surface area contributed by atoms with Gasteiger partial charge in [-0.15, -0.1) is 0 Å². The van der Waals surface area contributed by atoms with Crippen LogP contribution < -0.4 is 11.1 Å². The zero-order valence-corrected chi connectivity index (χ0v) is 15.5. The molecule has 0 saturated carbocycles. The molecular weight excluding hydrogens is 377 g/mol. The van der Waals surface area contributed by atoms with Crippen molar-refractivity contribution in [2.45, 2.75) is 39.2 Å². The highest BCUT2D eigenvalue weighted by molar-refractivity contribution is 9.10. The fourth-order valence-electron chi connectivity index (χ4n) is 2.91. The summed E-state index contributed by atoms with van der Waals surface area (Å²) in [6.45, 7) is 5.37. The van der Waals surface area contributed by atoms with Gasteiger partial charge in [0.05, 0.1) is 11.3 Å². The Balaban J connectivity index is 2.02. The topological polar surface area (TPSA) is 75.4 Å². The van der Waals surface area contributed by atoms with Crippen LogP contribution in [0.25, 0.3) is 0 Å². The summed E-state index contributed by atoms with van der Waals surface area (Å²) in [5, 5.41) is 3.20. The van der Waals surface area contributed by atoms with Gasteiger partial charge in [0, 0.05) is 30.0 Å². The molecule has 0 aliphatic carbocycles. The molecule has 132 valence electrons. The highest BCUT2D eigenvalue weighted by Gasteiger charge is 2.25.